The summed E-state index contributed by atoms with van der Waals surface area (Å²) in [5.74, 6) is -0.276. The fourth-order valence-electron chi connectivity index (χ4n) is 2.84. The van der Waals surface area contributed by atoms with Crippen molar-refractivity contribution in [3.63, 3.8) is 0 Å². The third-order valence-electron chi connectivity index (χ3n) is 4.35. The van der Waals surface area contributed by atoms with Crippen molar-refractivity contribution < 1.29 is 22.8 Å². The summed E-state index contributed by atoms with van der Waals surface area (Å²) in [6, 6.07) is 8.83. The van der Waals surface area contributed by atoms with Gasteiger partial charge in [0, 0.05) is 19.7 Å². The number of fused-ring (bicyclic) bond motifs is 1. The number of nitrogens with two attached hydrogens (primary N) is 1. The number of amides is 1. The number of carbonyl (C=O) groups is 1. The molecule has 12 nitrogen and oxygen atoms in total. The van der Waals surface area contributed by atoms with Gasteiger partial charge in [0.1, 0.15) is 0 Å². The number of nitrogens with zero attached hydrogens (tertiary/aromatic N) is 4. The number of benzene rings is 2. The van der Waals surface area contributed by atoms with Crippen molar-refractivity contribution in [2.24, 2.45) is 5.14 Å². The number of anilines is 1. The fraction of sp³-hybridized carbons (Fsp3) is 0.235. The van der Waals surface area contributed by atoms with Gasteiger partial charge in [-0.15, -0.1) is 0 Å². The van der Waals surface area contributed by atoms with Crippen LogP contribution in [0.4, 0.5) is 11.4 Å². The minimum atomic E-state index is -3.74. The Morgan fingerprint density at radius 2 is 1.87 bits per heavy atom. The molecule has 0 radical (unpaired) electrons. The number of aromatic nitrogens is 2. The highest BCUT2D eigenvalue weighted by atomic mass is 32.2. The molecule has 0 fully saturated rings. The number of hydrogen-bond acceptors (Lipinski definition) is 9. The molecule has 3 rings (SSSR count). The Labute approximate surface area is 170 Å². The van der Waals surface area contributed by atoms with E-state index in [1.165, 1.54) is 24.3 Å². The van der Waals surface area contributed by atoms with Gasteiger partial charge in [-0.05, 0) is 40.5 Å². The van der Waals surface area contributed by atoms with Gasteiger partial charge in [0.2, 0.25) is 21.4 Å². The third-order valence-corrected chi connectivity index (χ3v) is 5.28. The SMILES string of the molecule is CN(CC(=O)NCCc1ccc(S(N)(=O)=O)cc1)c1ccc([N+](=O)[O-])c2nonc12. The number of nitro groups is 1. The highest BCUT2D eigenvalue weighted by Gasteiger charge is 2.22. The van der Waals surface area contributed by atoms with Crippen LogP contribution in [0.5, 0.6) is 0 Å². The lowest BCUT2D eigenvalue weighted by atomic mass is 10.1. The smallest absolute Gasteiger partial charge is 0.300 e. The van der Waals surface area contributed by atoms with Gasteiger partial charge < -0.3 is 10.2 Å². The van der Waals surface area contributed by atoms with Gasteiger partial charge in [0.05, 0.1) is 22.1 Å². The topological polar surface area (TPSA) is 175 Å². The maximum atomic E-state index is 12.2. The summed E-state index contributed by atoms with van der Waals surface area (Å²) in [5, 5.41) is 26.1. The Morgan fingerprint density at radius 3 is 2.50 bits per heavy atom. The second-order valence-corrected chi connectivity index (χ2v) is 8.03. The molecule has 3 N–H and O–H groups in total. The zero-order valence-corrected chi connectivity index (χ0v) is 16.6. The number of carbonyl (C=O) groups excluding carboxylic acids is 1. The summed E-state index contributed by atoms with van der Waals surface area (Å²) in [5.41, 5.74) is 1.26. The van der Waals surface area contributed by atoms with E-state index in [1.807, 2.05) is 0 Å². The van der Waals surface area contributed by atoms with Crippen LogP contribution in [0.2, 0.25) is 0 Å². The predicted molar refractivity (Wildman–Crippen MR) is 106 cm³/mol. The molecular weight excluding hydrogens is 416 g/mol. The number of likely N-dealkylation sites (N-methyl/N-ethyl adjacent to an activating group) is 1. The van der Waals surface area contributed by atoms with E-state index in [4.69, 9.17) is 5.14 Å². The van der Waals surface area contributed by atoms with Crippen LogP contribution < -0.4 is 15.4 Å². The number of nitro benzene ring substituents is 1. The van der Waals surface area contributed by atoms with Crippen LogP contribution in [0.1, 0.15) is 5.56 Å². The molecule has 30 heavy (non-hydrogen) atoms. The predicted octanol–water partition coefficient (Wildman–Crippen LogP) is 0.574. The Balaban J connectivity index is 1.58. The van der Waals surface area contributed by atoms with Crippen LogP contribution in [0.15, 0.2) is 45.9 Å². The first kappa shape index (κ1) is 21.1. The first-order valence-corrected chi connectivity index (χ1v) is 10.2. The van der Waals surface area contributed by atoms with Crippen molar-refractivity contribution in [1.29, 1.82) is 0 Å². The molecule has 0 spiro atoms. The van der Waals surface area contributed by atoms with E-state index in [2.05, 4.69) is 20.3 Å². The van der Waals surface area contributed by atoms with Crippen LogP contribution in [-0.4, -0.2) is 49.7 Å². The van der Waals surface area contributed by atoms with Crippen molar-refractivity contribution in [3.8, 4) is 0 Å². The molecule has 13 heteroatoms. The minimum Gasteiger partial charge on any atom is -0.363 e. The van der Waals surface area contributed by atoms with E-state index in [0.29, 0.717) is 18.7 Å². The average Bonchev–Trinajstić information content (AvgIpc) is 3.16. The summed E-state index contributed by atoms with van der Waals surface area (Å²) in [4.78, 5) is 24.3. The Kier molecular flexibility index (Phi) is 5.94. The van der Waals surface area contributed by atoms with Crippen molar-refractivity contribution in [1.82, 2.24) is 15.6 Å². The van der Waals surface area contributed by atoms with E-state index in [1.54, 1.807) is 24.1 Å². The second-order valence-electron chi connectivity index (χ2n) is 6.47. The molecule has 2 aromatic carbocycles. The lowest BCUT2D eigenvalue weighted by Gasteiger charge is -2.18. The normalized spacial score (nSPS) is 11.4. The first-order chi connectivity index (χ1) is 14.2. The zero-order valence-electron chi connectivity index (χ0n) is 15.8. The third kappa shape index (κ3) is 4.69. The molecule has 0 aliphatic rings. The van der Waals surface area contributed by atoms with Crippen molar-refractivity contribution in [2.75, 3.05) is 25.0 Å². The quantitative estimate of drug-likeness (QED) is 0.379. The van der Waals surface area contributed by atoms with Gasteiger partial charge >= 0.3 is 5.69 Å². The molecule has 1 heterocycles. The van der Waals surface area contributed by atoms with E-state index in [9.17, 15) is 23.3 Å². The van der Waals surface area contributed by atoms with E-state index >= 15 is 0 Å². The van der Waals surface area contributed by atoms with Gasteiger partial charge in [-0.1, -0.05) is 12.1 Å². The Morgan fingerprint density at radius 1 is 1.20 bits per heavy atom. The van der Waals surface area contributed by atoms with Crippen molar-refractivity contribution >= 4 is 38.3 Å². The molecule has 1 aromatic heterocycles. The summed E-state index contributed by atoms with van der Waals surface area (Å²) < 4.78 is 27.1. The molecule has 0 aliphatic heterocycles. The Hall–Kier alpha value is -3.58. The summed E-state index contributed by atoms with van der Waals surface area (Å²) in [6.45, 7) is 0.312. The van der Waals surface area contributed by atoms with Crippen molar-refractivity contribution in [2.45, 2.75) is 11.3 Å². The van der Waals surface area contributed by atoms with E-state index in [-0.39, 0.29) is 34.1 Å². The van der Waals surface area contributed by atoms with Crippen LogP contribution in [0, 0.1) is 10.1 Å². The minimum absolute atomic E-state index is 0.00713. The van der Waals surface area contributed by atoms with Gasteiger partial charge in [-0.3, -0.25) is 14.9 Å². The van der Waals surface area contributed by atoms with Crippen LogP contribution in [0.3, 0.4) is 0 Å². The zero-order chi connectivity index (χ0) is 21.9. The van der Waals surface area contributed by atoms with Gasteiger partial charge in [-0.25, -0.2) is 18.2 Å². The molecule has 0 bridgehead atoms. The lowest BCUT2D eigenvalue weighted by molar-refractivity contribution is -0.383. The molecule has 0 atom stereocenters. The second kappa shape index (κ2) is 8.42. The average molecular weight is 434 g/mol. The number of non-ortho nitro benzene ring substituents is 1. The van der Waals surface area contributed by atoms with Crippen LogP contribution >= 0.6 is 0 Å². The summed E-state index contributed by atoms with van der Waals surface area (Å²) in [7, 11) is -2.10. The van der Waals surface area contributed by atoms with Gasteiger partial charge in [-0.2, -0.15) is 0 Å². The number of primary sulfonamides is 1. The molecule has 1 amide bonds. The molecule has 3 aromatic rings. The Bertz CT molecular complexity index is 1190. The monoisotopic (exact) mass is 434 g/mol. The number of nitrogens with one attached hydrogen (secondary N) is 1. The van der Waals surface area contributed by atoms with Crippen LogP contribution in [-0.2, 0) is 21.2 Å². The van der Waals surface area contributed by atoms with Crippen LogP contribution in [0.25, 0.3) is 11.0 Å². The molecule has 0 unspecified atom stereocenters. The molecule has 0 saturated carbocycles. The molecule has 158 valence electrons. The largest absolute Gasteiger partial charge is 0.363 e. The number of rotatable bonds is 8. The maximum Gasteiger partial charge on any atom is 0.300 e. The van der Waals surface area contributed by atoms with E-state index in [0.717, 1.165) is 5.56 Å². The molecular formula is C17H18N6O6S. The highest BCUT2D eigenvalue weighted by Crippen LogP contribution is 2.30. The fourth-order valence-corrected chi connectivity index (χ4v) is 3.36. The maximum absolute atomic E-state index is 12.2. The van der Waals surface area contributed by atoms with Gasteiger partial charge in [0.15, 0.2) is 5.52 Å². The number of sulfonamides is 1. The van der Waals surface area contributed by atoms with Gasteiger partial charge in [0.25, 0.3) is 0 Å². The van der Waals surface area contributed by atoms with Crippen molar-refractivity contribution in [3.05, 3.63) is 52.1 Å². The van der Waals surface area contributed by atoms with E-state index < -0.39 is 14.9 Å². The number of hydrogen-bond donors (Lipinski definition) is 2. The summed E-state index contributed by atoms with van der Waals surface area (Å²) in [6.07, 6.45) is 0.495. The standard InChI is InChI=1S/C17H18N6O6S/c1-22(13-6-7-14(23(25)26)17-16(13)20-29-21-17)10-15(24)19-9-8-11-2-4-12(5-3-11)30(18,27)28/h2-7H,8-10H2,1H3,(H,19,24)(H2,18,27,28). The lowest BCUT2D eigenvalue weighted by Crippen LogP contribution is -2.36. The first-order valence-electron chi connectivity index (χ1n) is 8.66. The summed E-state index contributed by atoms with van der Waals surface area (Å²) >= 11 is 0. The molecule has 0 saturated heterocycles. The highest BCUT2D eigenvalue weighted by molar-refractivity contribution is 7.89. The molecule has 0 aliphatic carbocycles.